The lowest BCUT2D eigenvalue weighted by molar-refractivity contribution is 0.0723. The van der Waals surface area contributed by atoms with E-state index in [-0.39, 0.29) is 11.9 Å². The molecule has 0 spiro atoms. The highest BCUT2D eigenvalue weighted by atomic mass is 16.2. The standard InChI is InChI=1S/C17H21N7O/c1-3-23-15-13(21-17(23)18)8-11(9-20-15)16(25)24(12-4-5-12)10-14-19-6-7-22(14)2/h6-9,12H,3-5,10H2,1-2H3,(H2,18,21). The molecule has 8 nitrogen and oxygen atoms in total. The van der Waals surface area contributed by atoms with E-state index >= 15 is 0 Å². The molecule has 0 radical (unpaired) electrons. The van der Waals surface area contributed by atoms with E-state index in [1.54, 1.807) is 18.5 Å². The van der Waals surface area contributed by atoms with Gasteiger partial charge in [0.1, 0.15) is 11.3 Å². The van der Waals surface area contributed by atoms with Crippen LogP contribution in [0.4, 0.5) is 5.95 Å². The Morgan fingerprint density at radius 3 is 2.84 bits per heavy atom. The van der Waals surface area contributed by atoms with Crippen molar-refractivity contribution < 1.29 is 4.79 Å². The van der Waals surface area contributed by atoms with Crippen LogP contribution < -0.4 is 5.73 Å². The Labute approximate surface area is 145 Å². The molecule has 1 fully saturated rings. The number of carbonyl (C=O) groups is 1. The molecule has 1 aliphatic carbocycles. The molecule has 8 heteroatoms. The Hall–Kier alpha value is -2.90. The van der Waals surface area contributed by atoms with Crippen molar-refractivity contribution in [1.29, 1.82) is 0 Å². The van der Waals surface area contributed by atoms with Crippen molar-refractivity contribution in [2.24, 2.45) is 7.05 Å². The van der Waals surface area contributed by atoms with E-state index in [0.29, 0.717) is 35.8 Å². The zero-order chi connectivity index (χ0) is 17.6. The van der Waals surface area contributed by atoms with Crippen molar-refractivity contribution in [3.05, 3.63) is 36.0 Å². The molecule has 0 aliphatic heterocycles. The van der Waals surface area contributed by atoms with Gasteiger partial charge in [-0.05, 0) is 25.8 Å². The molecule has 0 saturated heterocycles. The molecule has 0 bridgehead atoms. The fourth-order valence-corrected chi connectivity index (χ4v) is 3.08. The summed E-state index contributed by atoms with van der Waals surface area (Å²) in [6.45, 7) is 3.17. The number of aromatic nitrogens is 5. The molecular weight excluding hydrogens is 318 g/mol. The van der Waals surface area contributed by atoms with Gasteiger partial charge in [-0.25, -0.2) is 15.0 Å². The summed E-state index contributed by atoms with van der Waals surface area (Å²) in [5.41, 5.74) is 7.81. The van der Waals surface area contributed by atoms with Gasteiger partial charge in [0, 0.05) is 38.2 Å². The Morgan fingerprint density at radius 2 is 2.20 bits per heavy atom. The Balaban J connectivity index is 1.66. The normalized spacial score (nSPS) is 14.2. The van der Waals surface area contributed by atoms with E-state index < -0.39 is 0 Å². The van der Waals surface area contributed by atoms with E-state index in [9.17, 15) is 4.79 Å². The number of nitrogens with zero attached hydrogens (tertiary/aromatic N) is 6. The molecule has 0 aromatic carbocycles. The summed E-state index contributed by atoms with van der Waals surface area (Å²) >= 11 is 0. The van der Waals surface area contributed by atoms with Crippen molar-refractivity contribution in [2.75, 3.05) is 5.73 Å². The van der Waals surface area contributed by atoms with Crippen LogP contribution in [0.25, 0.3) is 11.2 Å². The molecule has 1 amide bonds. The first-order valence-electron chi connectivity index (χ1n) is 8.47. The summed E-state index contributed by atoms with van der Waals surface area (Å²) < 4.78 is 3.77. The second-order valence-electron chi connectivity index (χ2n) is 6.40. The second kappa shape index (κ2) is 5.87. The van der Waals surface area contributed by atoms with Gasteiger partial charge >= 0.3 is 0 Å². The molecule has 3 heterocycles. The third-order valence-corrected chi connectivity index (χ3v) is 4.66. The predicted octanol–water partition coefficient (Wildman–Crippen LogP) is 1.57. The first-order chi connectivity index (χ1) is 12.1. The average Bonchev–Trinajstić information content (AvgIpc) is 3.28. The van der Waals surface area contributed by atoms with Crippen LogP contribution >= 0.6 is 0 Å². The number of fused-ring (bicyclic) bond motifs is 1. The lowest BCUT2D eigenvalue weighted by Crippen LogP contribution is -2.33. The monoisotopic (exact) mass is 339 g/mol. The first kappa shape index (κ1) is 15.6. The van der Waals surface area contributed by atoms with Crippen LogP contribution in [0.1, 0.15) is 35.9 Å². The maximum atomic E-state index is 13.1. The summed E-state index contributed by atoms with van der Waals surface area (Å²) in [5, 5.41) is 0. The van der Waals surface area contributed by atoms with Gasteiger partial charge in [-0.1, -0.05) is 0 Å². The largest absolute Gasteiger partial charge is 0.369 e. The third-order valence-electron chi connectivity index (χ3n) is 4.66. The highest BCUT2D eigenvalue weighted by Gasteiger charge is 2.34. The Morgan fingerprint density at radius 1 is 1.40 bits per heavy atom. The maximum Gasteiger partial charge on any atom is 0.256 e. The lowest BCUT2D eigenvalue weighted by atomic mass is 10.2. The van der Waals surface area contributed by atoms with Crippen LogP contribution in [0.3, 0.4) is 0 Å². The summed E-state index contributed by atoms with van der Waals surface area (Å²) in [5.74, 6) is 1.25. The number of imidazole rings is 2. The van der Waals surface area contributed by atoms with Gasteiger partial charge in [-0.2, -0.15) is 0 Å². The predicted molar refractivity (Wildman–Crippen MR) is 93.7 cm³/mol. The van der Waals surface area contributed by atoms with Crippen molar-refractivity contribution in [3.8, 4) is 0 Å². The van der Waals surface area contributed by atoms with Gasteiger partial charge < -0.3 is 15.2 Å². The number of hydrogen-bond donors (Lipinski definition) is 1. The number of pyridine rings is 1. The smallest absolute Gasteiger partial charge is 0.256 e. The van der Waals surface area contributed by atoms with Crippen LogP contribution in [0.15, 0.2) is 24.7 Å². The fraction of sp³-hybridized carbons (Fsp3) is 0.412. The zero-order valence-electron chi connectivity index (χ0n) is 14.4. The summed E-state index contributed by atoms with van der Waals surface area (Å²) in [4.78, 5) is 28.0. The highest BCUT2D eigenvalue weighted by molar-refractivity contribution is 5.96. The maximum absolute atomic E-state index is 13.1. The number of anilines is 1. The van der Waals surface area contributed by atoms with Crippen molar-refractivity contribution >= 4 is 23.0 Å². The summed E-state index contributed by atoms with van der Waals surface area (Å²) in [7, 11) is 1.94. The minimum Gasteiger partial charge on any atom is -0.369 e. The van der Waals surface area contributed by atoms with E-state index in [1.807, 2.05) is 34.2 Å². The van der Waals surface area contributed by atoms with Crippen LogP contribution in [0.5, 0.6) is 0 Å². The van der Waals surface area contributed by atoms with Crippen LogP contribution in [0, 0.1) is 0 Å². The van der Waals surface area contributed by atoms with E-state index in [4.69, 9.17) is 5.73 Å². The molecule has 0 atom stereocenters. The van der Waals surface area contributed by atoms with E-state index in [0.717, 1.165) is 18.7 Å². The minimum absolute atomic E-state index is 0.0375. The minimum atomic E-state index is -0.0375. The van der Waals surface area contributed by atoms with Crippen LogP contribution in [0.2, 0.25) is 0 Å². The second-order valence-corrected chi connectivity index (χ2v) is 6.40. The molecule has 3 aromatic heterocycles. The van der Waals surface area contributed by atoms with Crippen molar-refractivity contribution in [2.45, 2.75) is 38.9 Å². The number of nitrogen functional groups attached to an aromatic ring is 1. The quantitative estimate of drug-likeness (QED) is 0.761. The SMILES string of the molecule is CCn1c(N)nc2cc(C(=O)N(Cc3nccn3C)C3CC3)cnc21. The van der Waals surface area contributed by atoms with Gasteiger partial charge in [-0.15, -0.1) is 0 Å². The number of nitrogens with two attached hydrogens (primary N) is 1. The molecule has 1 saturated carbocycles. The van der Waals surface area contributed by atoms with Gasteiger partial charge in [0.2, 0.25) is 5.95 Å². The van der Waals surface area contributed by atoms with E-state index in [2.05, 4.69) is 15.0 Å². The molecular formula is C17H21N7O. The Bertz CT molecular complexity index is 938. The van der Waals surface area contributed by atoms with Crippen LogP contribution in [-0.2, 0) is 20.1 Å². The molecule has 4 rings (SSSR count). The molecule has 0 unspecified atom stereocenters. The summed E-state index contributed by atoms with van der Waals surface area (Å²) in [6.07, 6.45) is 7.32. The van der Waals surface area contributed by atoms with Crippen molar-refractivity contribution in [3.63, 3.8) is 0 Å². The molecule has 3 aromatic rings. The topological polar surface area (TPSA) is 94.9 Å². The molecule has 2 N–H and O–H groups in total. The molecule has 1 aliphatic rings. The third kappa shape index (κ3) is 2.73. The number of hydrogen-bond acceptors (Lipinski definition) is 5. The summed E-state index contributed by atoms with van der Waals surface area (Å²) in [6, 6.07) is 2.05. The van der Waals surface area contributed by atoms with Crippen LogP contribution in [-0.4, -0.2) is 40.9 Å². The number of aryl methyl sites for hydroxylation is 2. The number of amides is 1. The van der Waals surface area contributed by atoms with Gasteiger partial charge in [-0.3, -0.25) is 9.36 Å². The zero-order valence-corrected chi connectivity index (χ0v) is 14.4. The molecule has 25 heavy (non-hydrogen) atoms. The van der Waals surface area contributed by atoms with Gasteiger partial charge in [0.25, 0.3) is 5.91 Å². The Kier molecular flexibility index (Phi) is 3.67. The van der Waals surface area contributed by atoms with Gasteiger partial charge in [0.05, 0.1) is 12.1 Å². The van der Waals surface area contributed by atoms with Crippen molar-refractivity contribution in [1.82, 2.24) is 29.0 Å². The number of rotatable bonds is 5. The molecule has 130 valence electrons. The van der Waals surface area contributed by atoms with E-state index in [1.165, 1.54) is 0 Å². The highest BCUT2D eigenvalue weighted by Crippen LogP contribution is 2.30. The van der Waals surface area contributed by atoms with Gasteiger partial charge in [0.15, 0.2) is 5.65 Å². The number of carbonyl (C=O) groups excluding carboxylic acids is 1. The fourth-order valence-electron chi connectivity index (χ4n) is 3.08. The lowest BCUT2D eigenvalue weighted by Gasteiger charge is -2.22. The average molecular weight is 339 g/mol. The first-order valence-corrected chi connectivity index (χ1v) is 8.47.